The van der Waals surface area contributed by atoms with Crippen molar-refractivity contribution in [1.29, 1.82) is 0 Å². The summed E-state index contributed by atoms with van der Waals surface area (Å²) in [4.78, 5) is 22.4. The average molecular weight is 353 g/mol. The van der Waals surface area contributed by atoms with Crippen molar-refractivity contribution in [1.82, 2.24) is 0 Å². The van der Waals surface area contributed by atoms with E-state index in [1.807, 2.05) is 0 Å². The molecule has 126 valence electrons. The fraction of sp³-hybridized carbons (Fsp3) is 0. The van der Waals surface area contributed by atoms with E-state index in [0.29, 0.717) is 6.07 Å². The number of aromatic hydroxyl groups is 2. The Hall–Kier alpha value is -3.11. The molecule has 0 unspecified atom stereocenters. The SMILES string of the molecule is O=C(O)c1cc(O)c(C(=O)Nc2ccccc2S(=O)(=O)O)cc1O. The molecule has 0 aliphatic heterocycles. The molecule has 0 bridgehead atoms. The number of hydrogen-bond acceptors (Lipinski definition) is 6. The molecule has 0 heterocycles. The van der Waals surface area contributed by atoms with Gasteiger partial charge in [-0.2, -0.15) is 8.42 Å². The first kappa shape index (κ1) is 17.2. The molecule has 0 fully saturated rings. The smallest absolute Gasteiger partial charge is 0.339 e. The van der Waals surface area contributed by atoms with Gasteiger partial charge in [-0.3, -0.25) is 9.35 Å². The van der Waals surface area contributed by atoms with E-state index >= 15 is 0 Å². The normalized spacial score (nSPS) is 11.0. The first-order valence-electron chi connectivity index (χ1n) is 6.28. The van der Waals surface area contributed by atoms with E-state index in [4.69, 9.17) is 9.66 Å². The van der Waals surface area contributed by atoms with Crippen LogP contribution in [0, 0.1) is 0 Å². The molecule has 5 N–H and O–H groups in total. The summed E-state index contributed by atoms with van der Waals surface area (Å²) in [6, 6.07) is 6.38. The van der Waals surface area contributed by atoms with Crippen LogP contribution in [0.3, 0.4) is 0 Å². The molecule has 2 rings (SSSR count). The predicted molar refractivity (Wildman–Crippen MR) is 80.9 cm³/mol. The fourth-order valence-corrected chi connectivity index (χ4v) is 2.56. The maximum Gasteiger partial charge on any atom is 0.339 e. The van der Waals surface area contributed by atoms with Crippen LogP contribution >= 0.6 is 0 Å². The molecule has 0 saturated heterocycles. The Morgan fingerprint density at radius 1 is 0.958 bits per heavy atom. The van der Waals surface area contributed by atoms with E-state index < -0.39 is 49.5 Å². The lowest BCUT2D eigenvalue weighted by Crippen LogP contribution is -2.15. The largest absolute Gasteiger partial charge is 0.507 e. The summed E-state index contributed by atoms with van der Waals surface area (Å²) < 4.78 is 31.6. The Morgan fingerprint density at radius 2 is 1.50 bits per heavy atom. The van der Waals surface area contributed by atoms with Crippen LogP contribution in [0.4, 0.5) is 5.69 Å². The van der Waals surface area contributed by atoms with Gasteiger partial charge in [0.1, 0.15) is 22.0 Å². The van der Waals surface area contributed by atoms with Crippen LogP contribution in [0.1, 0.15) is 20.7 Å². The average Bonchev–Trinajstić information content (AvgIpc) is 2.48. The van der Waals surface area contributed by atoms with Crippen LogP contribution in [-0.4, -0.2) is 40.2 Å². The molecule has 0 radical (unpaired) electrons. The fourth-order valence-electron chi connectivity index (χ4n) is 1.91. The van der Waals surface area contributed by atoms with Gasteiger partial charge in [0.2, 0.25) is 0 Å². The zero-order chi connectivity index (χ0) is 18.1. The van der Waals surface area contributed by atoms with Crippen molar-refractivity contribution in [2.24, 2.45) is 0 Å². The van der Waals surface area contributed by atoms with Gasteiger partial charge in [0, 0.05) is 0 Å². The molecule has 0 atom stereocenters. The molecule has 0 aliphatic carbocycles. The van der Waals surface area contributed by atoms with Crippen molar-refractivity contribution in [2.45, 2.75) is 4.90 Å². The number of carbonyl (C=O) groups is 2. The van der Waals surface area contributed by atoms with Gasteiger partial charge in [0.15, 0.2) is 0 Å². The van der Waals surface area contributed by atoms with Crippen LogP contribution < -0.4 is 5.32 Å². The maximum atomic E-state index is 12.1. The van der Waals surface area contributed by atoms with E-state index in [9.17, 15) is 28.2 Å². The number of phenols is 2. The molecule has 2 aromatic carbocycles. The second kappa shape index (κ2) is 6.18. The van der Waals surface area contributed by atoms with Gasteiger partial charge in [-0.05, 0) is 24.3 Å². The third kappa shape index (κ3) is 3.45. The van der Waals surface area contributed by atoms with Crippen LogP contribution in [-0.2, 0) is 10.1 Å². The highest BCUT2D eigenvalue weighted by Crippen LogP contribution is 2.29. The van der Waals surface area contributed by atoms with Crippen LogP contribution in [0.25, 0.3) is 0 Å². The van der Waals surface area contributed by atoms with Gasteiger partial charge in [0.25, 0.3) is 16.0 Å². The number of nitrogens with one attached hydrogen (secondary N) is 1. The number of carbonyl (C=O) groups excluding carboxylic acids is 1. The third-order valence-corrected chi connectivity index (χ3v) is 3.91. The Labute approximate surface area is 135 Å². The standard InChI is InChI=1S/C14H11NO8S/c16-10-6-8(14(19)20)11(17)5-7(10)13(18)15-9-3-1-2-4-12(9)24(21,22)23/h1-6,16-17H,(H,15,18)(H,19,20)(H,21,22,23). The topological polar surface area (TPSA) is 161 Å². The first-order valence-corrected chi connectivity index (χ1v) is 7.72. The monoisotopic (exact) mass is 353 g/mol. The van der Waals surface area contributed by atoms with E-state index in [1.165, 1.54) is 18.2 Å². The van der Waals surface area contributed by atoms with Gasteiger partial charge < -0.3 is 20.6 Å². The van der Waals surface area contributed by atoms with E-state index in [-0.39, 0.29) is 5.69 Å². The van der Waals surface area contributed by atoms with Gasteiger partial charge >= 0.3 is 5.97 Å². The lowest BCUT2D eigenvalue weighted by molar-refractivity contribution is 0.0692. The van der Waals surface area contributed by atoms with Crippen molar-refractivity contribution >= 4 is 27.7 Å². The Balaban J connectivity index is 2.42. The quantitative estimate of drug-likeness (QED) is 0.406. The van der Waals surface area contributed by atoms with E-state index in [0.717, 1.165) is 12.1 Å². The lowest BCUT2D eigenvalue weighted by Gasteiger charge is -2.11. The van der Waals surface area contributed by atoms with Crippen LogP contribution in [0.15, 0.2) is 41.3 Å². The Morgan fingerprint density at radius 3 is 2.08 bits per heavy atom. The summed E-state index contributed by atoms with van der Waals surface area (Å²) in [5.41, 5.74) is -1.35. The summed E-state index contributed by atoms with van der Waals surface area (Å²) in [5, 5.41) is 30.3. The second-order valence-electron chi connectivity index (χ2n) is 4.62. The number of anilines is 1. The summed E-state index contributed by atoms with van der Waals surface area (Å²) >= 11 is 0. The molecular formula is C14H11NO8S. The number of phenolic OH excluding ortho intramolecular Hbond substituents is 1. The second-order valence-corrected chi connectivity index (χ2v) is 6.01. The van der Waals surface area contributed by atoms with Crippen molar-refractivity contribution in [3.63, 3.8) is 0 Å². The summed E-state index contributed by atoms with van der Waals surface area (Å²) in [5.74, 6) is -4.01. The molecule has 0 aliphatic rings. The summed E-state index contributed by atoms with van der Waals surface area (Å²) in [6.45, 7) is 0. The lowest BCUT2D eigenvalue weighted by atomic mass is 10.1. The highest BCUT2D eigenvalue weighted by Gasteiger charge is 2.21. The molecular weight excluding hydrogens is 342 g/mol. The predicted octanol–water partition coefficient (Wildman–Crippen LogP) is 1.29. The maximum absolute atomic E-state index is 12.1. The zero-order valence-corrected chi connectivity index (χ0v) is 12.6. The van der Waals surface area contributed by atoms with Crippen molar-refractivity contribution in [3.8, 4) is 11.5 Å². The molecule has 24 heavy (non-hydrogen) atoms. The minimum Gasteiger partial charge on any atom is -0.507 e. The van der Waals surface area contributed by atoms with Crippen molar-refractivity contribution in [3.05, 3.63) is 47.5 Å². The summed E-state index contributed by atoms with van der Waals surface area (Å²) in [7, 11) is -4.60. The zero-order valence-electron chi connectivity index (χ0n) is 11.8. The number of amides is 1. The number of carboxylic acid groups (broad SMARTS) is 1. The number of hydrogen-bond donors (Lipinski definition) is 5. The highest BCUT2D eigenvalue weighted by atomic mass is 32.2. The molecule has 0 saturated carbocycles. The van der Waals surface area contributed by atoms with Gasteiger partial charge in [-0.15, -0.1) is 0 Å². The third-order valence-electron chi connectivity index (χ3n) is 3.00. The van der Waals surface area contributed by atoms with E-state index in [1.54, 1.807) is 0 Å². The Kier molecular flexibility index (Phi) is 4.44. The minimum atomic E-state index is -4.60. The molecule has 9 nitrogen and oxygen atoms in total. The molecule has 1 amide bonds. The van der Waals surface area contributed by atoms with Crippen molar-refractivity contribution < 1.29 is 37.9 Å². The van der Waals surface area contributed by atoms with Crippen molar-refractivity contribution in [2.75, 3.05) is 5.32 Å². The van der Waals surface area contributed by atoms with Gasteiger partial charge in [0.05, 0.1) is 11.3 Å². The molecule has 0 aromatic heterocycles. The van der Waals surface area contributed by atoms with Crippen LogP contribution in [0.2, 0.25) is 0 Å². The molecule has 10 heteroatoms. The van der Waals surface area contributed by atoms with Gasteiger partial charge in [-0.1, -0.05) is 12.1 Å². The molecule has 0 spiro atoms. The van der Waals surface area contributed by atoms with Crippen LogP contribution in [0.5, 0.6) is 11.5 Å². The highest BCUT2D eigenvalue weighted by molar-refractivity contribution is 7.86. The summed E-state index contributed by atoms with van der Waals surface area (Å²) in [6.07, 6.45) is 0. The number of para-hydroxylation sites is 1. The minimum absolute atomic E-state index is 0.258. The Bertz CT molecular complexity index is 936. The van der Waals surface area contributed by atoms with E-state index in [2.05, 4.69) is 5.32 Å². The first-order chi connectivity index (χ1) is 11.1. The number of rotatable bonds is 4. The van der Waals surface area contributed by atoms with Gasteiger partial charge in [-0.25, -0.2) is 4.79 Å². The number of aromatic carboxylic acids is 1. The molecule has 2 aromatic rings. The number of benzene rings is 2. The number of carboxylic acids is 1.